The van der Waals surface area contributed by atoms with Crippen LogP contribution in [0.25, 0.3) is 0 Å². The highest BCUT2D eigenvalue weighted by Gasteiger charge is 2.32. The van der Waals surface area contributed by atoms with Gasteiger partial charge in [-0.05, 0) is 19.0 Å². The van der Waals surface area contributed by atoms with Crippen molar-refractivity contribution in [3.05, 3.63) is 29.3 Å². The van der Waals surface area contributed by atoms with Gasteiger partial charge in [-0.2, -0.15) is 0 Å². The Kier molecular flexibility index (Phi) is 2.87. The molecule has 86 valence electrons. The Hall–Kier alpha value is -1.49. The molecule has 0 spiro atoms. The molecule has 2 N–H and O–H groups in total. The maximum Gasteiger partial charge on any atom is 0.246 e. The van der Waals surface area contributed by atoms with Crippen LogP contribution in [0.3, 0.4) is 0 Å². The number of nitrogens with one attached hydrogen (secondary N) is 2. The lowest BCUT2D eigenvalue weighted by atomic mass is 10.1. The van der Waals surface area contributed by atoms with Crippen LogP contribution in [0.5, 0.6) is 0 Å². The Morgan fingerprint density at radius 2 is 2.19 bits per heavy atom. The predicted octanol–water partition coefficient (Wildman–Crippen LogP) is 1.96. The van der Waals surface area contributed by atoms with E-state index in [1.54, 1.807) is 0 Å². The van der Waals surface area contributed by atoms with Crippen LogP contribution in [0.2, 0.25) is 0 Å². The topological polar surface area (TPSA) is 41.1 Å². The Labute approximate surface area is 91.8 Å². The minimum atomic E-state index is -0.994. The molecule has 0 saturated carbocycles. The SMILES string of the molecule is CCCNC1C(=O)Nc2c1ccc(F)c2F. The predicted molar refractivity (Wildman–Crippen MR) is 56.0 cm³/mol. The smallest absolute Gasteiger partial charge is 0.246 e. The lowest BCUT2D eigenvalue weighted by molar-refractivity contribution is -0.117. The van der Waals surface area contributed by atoms with Crippen LogP contribution in [0.15, 0.2) is 12.1 Å². The highest BCUT2D eigenvalue weighted by atomic mass is 19.2. The standard InChI is InChI=1S/C11H12F2N2O/c1-2-5-14-10-6-3-4-7(12)8(13)9(6)15-11(10)16/h3-4,10,14H,2,5H2,1H3,(H,15,16). The summed E-state index contributed by atoms with van der Waals surface area (Å²) in [4.78, 5) is 11.5. The van der Waals surface area contributed by atoms with E-state index in [0.29, 0.717) is 12.1 Å². The molecular weight excluding hydrogens is 214 g/mol. The number of carbonyl (C=O) groups is 1. The van der Waals surface area contributed by atoms with E-state index in [1.807, 2.05) is 6.92 Å². The van der Waals surface area contributed by atoms with Crippen molar-refractivity contribution < 1.29 is 13.6 Å². The van der Waals surface area contributed by atoms with Crippen LogP contribution in [0.1, 0.15) is 24.9 Å². The van der Waals surface area contributed by atoms with Crippen molar-refractivity contribution in [2.75, 3.05) is 11.9 Å². The molecule has 0 fully saturated rings. The third kappa shape index (κ3) is 1.67. The maximum absolute atomic E-state index is 13.4. The van der Waals surface area contributed by atoms with Gasteiger partial charge >= 0.3 is 0 Å². The van der Waals surface area contributed by atoms with E-state index in [1.165, 1.54) is 6.07 Å². The van der Waals surface area contributed by atoms with Crippen LogP contribution >= 0.6 is 0 Å². The fourth-order valence-electron chi connectivity index (χ4n) is 1.76. The lowest BCUT2D eigenvalue weighted by Gasteiger charge is -2.09. The molecule has 1 aromatic carbocycles. The molecule has 0 saturated heterocycles. The number of carbonyl (C=O) groups excluding carboxylic acids is 1. The number of hydrogen-bond acceptors (Lipinski definition) is 2. The van der Waals surface area contributed by atoms with E-state index < -0.39 is 17.7 Å². The maximum atomic E-state index is 13.4. The Balaban J connectivity index is 2.35. The first kappa shape index (κ1) is 11.0. The molecule has 1 heterocycles. The highest BCUT2D eigenvalue weighted by molar-refractivity contribution is 6.02. The molecule has 3 nitrogen and oxygen atoms in total. The second kappa shape index (κ2) is 4.17. The van der Waals surface area contributed by atoms with Gasteiger partial charge in [-0.15, -0.1) is 0 Å². The summed E-state index contributed by atoms with van der Waals surface area (Å²) in [6.07, 6.45) is 0.864. The molecular formula is C11H12F2N2O. The van der Waals surface area contributed by atoms with E-state index in [9.17, 15) is 13.6 Å². The molecule has 2 rings (SSSR count). The highest BCUT2D eigenvalue weighted by Crippen LogP contribution is 2.33. The van der Waals surface area contributed by atoms with Gasteiger partial charge in [0.25, 0.3) is 0 Å². The normalized spacial score (nSPS) is 18.4. The van der Waals surface area contributed by atoms with Gasteiger partial charge in [0, 0.05) is 5.56 Å². The van der Waals surface area contributed by atoms with Crippen LogP contribution in [-0.4, -0.2) is 12.5 Å². The number of amides is 1. The molecule has 1 aliphatic rings. The van der Waals surface area contributed by atoms with Crippen LogP contribution in [0, 0.1) is 11.6 Å². The second-order valence-electron chi connectivity index (χ2n) is 3.70. The summed E-state index contributed by atoms with van der Waals surface area (Å²) < 4.78 is 26.3. The monoisotopic (exact) mass is 226 g/mol. The van der Waals surface area contributed by atoms with Crippen LogP contribution < -0.4 is 10.6 Å². The third-order valence-electron chi connectivity index (χ3n) is 2.55. The van der Waals surface area contributed by atoms with Gasteiger partial charge in [-0.1, -0.05) is 13.0 Å². The van der Waals surface area contributed by atoms with Crippen molar-refractivity contribution in [1.29, 1.82) is 0 Å². The summed E-state index contributed by atoms with van der Waals surface area (Å²) in [7, 11) is 0. The van der Waals surface area contributed by atoms with Crippen molar-refractivity contribution in [2.45, 2.75) is 19.4 Å². The molecule has 1 unspecified atom stereocenters. The quantitative estimate of drug-likeness (QED) is 0.827. The Morgan fingerprint density at radius 3 is 2.88 bits per heavy atom. The minimum Gasteiger partial charge on any atom is -0.322 e. The number of anilines is 1. The zero-order chi connectivity index (χ0) is 11.7. The van der Waals surface area contributed by atoms with E-state index in [2.05, 4.69) is 10.6 Å². The number of rotatable bonds is 3. The van der Waals surface area contributed by atoms with Gasteiger partial charge < -0.3 is 10.6 Å². The van der Waals surface area contributed by atoms with Crippen molar-refractivity contribution in [2.24, 2.45) is 0 Å². The number of fused-ring (bicyclic) bond motifs is 1. The molecule has 16 heavy (non-hydrogen) atoms. The number of halogens is 2. The molecule has 1 amide bonds. The molecule has 0 aromatic heterocycles. The second-order valence-corrected chi connectivity index (χ2v) is 3.70. The molecule has 5 heteroatoms. The first-order valence-corrected chi connectivity index (χ1v) is 5.17. The fourth-order valence-corrected chi connectivity index (χ4v) is 1.76. The molecule has 0 bridgehead atoms. The largest absolute Gasteiger partial charge is 0.322 e. The average Bonchev–Trinajstić information content (AvgIpc) is 2.58. The van der Waals surface area contributed by atoms with E-state index in [-0.39, 0.29) is 11.6 Å². The fraction of sp³-hybridized carbons (Fsp3) is 0.364. The van der Waals surface area contributed by atoms with Crippen LogP contribution in [0.4, 0.5) is 14.5 Å². The molecule has 0 aliphatic carbocycles. The van der Waals surface area contributed by atoms with Gasteiger partial charge in [-0.3, -0.25) is 4.79 Å². The minimum absolute atomic E-state index is 0.0430. The van der Waals surface area contributed by atoms with Crippen molar-refractivity contribution >= 4 is 11.6 Å². The number of benzene rings is 1. The summed E-state index contributed by atoms with van der Waals surface area (Å²) in [6, 6.07) is 1.89. The van der Waals surface area contributed by atoms with Crippen molar-refractivity contribution in [1.82, 2.24) is 5.32 Å². The summed E-state index contributed by atoms with van der Waals surface area (Å²) in [6.45, 7) is 2.61. The van der Waals surface area contributed by atoms with Gasteiger partial charge in [-0.25, -0.2) is 8.78 Å². The molecule has 0 radical (unpaired) electrons. The van der Waals surface area contributed by atoms with Gasteiger partial charge in [0.05, 0.1) is 5.69 Å². The van der Waals surface area contributed by atoms with E-state index >= 15 is 0 Å². The van der Waals surface area contributed by atoms with Gasteiger partial charge in [0.1, 0.15) is 6.04 Å². The first-order valence-electron chi connectivity index (χ1n) is 5.17. The Bertz CT molecular complexity index is 434. The molecule has 1 aliphatic heterocycles. The summed E-state index contributed by atoms with van der Waals surface area (Å²) in [5.41, 5.74) is 0.427. The number of hydrogen-bond donors (Lipinski definition) is 2. The van der Waals surface area contributed by atoms with Crippen LogP contribution in [-0.2, 0) is 4.79 Å². The zero-order valence-electron chi connectivity index (χ0n) is 8.81. The summed E-state index contributed by atoms with van der Waals surface area (Å²) in [5.74, 6) is -2.28. The first-order chi connectivity index (χ1) is 7.65. The average molecular weight is 226 g/mol. The van der Waals surface area contributed by atoms with Gasteiger partial charge in [0.15, 0.2) is 11.6 Å². The lowest BCUT2D eigenvalue weighted by Crippen LogP contribution is -2.27. The third-order valence-corrected chi connectivity index (χ3v) is 2.55. The van der Waals surface area contributed by atoms with E-state index in [0.717, 1.165) is 12.5 Å². The molecule has 1 aromatic rings. The van der Waals surface area contributed by atoms with Gasteiger partial charge in [0.2, 0.25) is 5.91 Å². The molecule has 1 atom stereocenters. The van der Waals surface area contributed by atoms with Crippen molar-refractivity contribution in [3.8, 4) is 0 Å². The van der Waals surface area contributed by atoms with E-state index in [4.69, 9.17) is 0 Å². The zero-order valence-corrected chi connectivity index (χ0v) is 8.81. The summed E-state index contributed by atoms with van der Waals surface area (Å²) in [5, 5.41) is 5.33. The van der Waals surface area contributed by atoms with Crippen molar-refractivity contribution in [3.63, 3.8) is 0 Å². The summed E-state index contributed by atoms with van der Waals surface area (Å²) >= 11 is 0. The Morgan fingerprint density at radius 1 is 1.44 bits per heavy atom.